The van der Waals surface area contributed by atoms with Gasteiger partial charge in [0.15, 0.2) is 5.82 Å². The average molecular weight is 288 g/mol. The Hall–Kier alpha value is -2.24. The molecule has 0 fully saturated rings. The summed E-state index contributed by atoms with van der Waals surface area (Å²) in [6, 6.07) is 0. The summed E-state index contributed by atoms with van der Waals surface area (Å²) in [6.07, 6.45) is 1.26. The first-order valence-electron chi connectivity index (χ1n) is 7.07. The molecule has 6 nitrogen and oxygen atoms in total. The summed E-state index contributed by atoms with van der Waals surface area (Å²) in [4.78, 5) is 11.7. The third-order valence-electron chi connectivity index (χ3n) is 3.90. The van der Waals surface area contributed by atoms with Crippen LogP contribution in [0.2, 0.25) is 0 Å². The van der Waals surface area contributed by atoms with Crippen molar-refractivity contribution in [3.05, 3.63) is 33.8 Å². The molecular formula is C15H20N4O2. The lowest BCUT2D eigenvalue weighted by molar-refractivity contribution is 0.0694. The molecule has 0 saturated carbocycles. The Labute approximate surface area is 123 Å². The van der Waals surface area contributed by atoms with E-state index in [9.17, 15) is 9.90 Å². The number of aromatic nitrogens is 4. The lowest BCUT2D eigenvalue weighted by atomic mass is 10.0. The van der Waals surface area contributed by atoms with E-state index in [4.69, 9.17) is 0 Å². The van der Waals surface area contributed by atoms with Gasteiger partial charge in [-0.25, -0.2) is 9.48 Å². The van der Waals surface area contributed by atoms with Crippen molar-refractivity contribution in [2.75, 3.05) is 0 Å². The van der Waals surface area contributed by atoms with Gasteiger partial charge in [0.2, 0.25) is 0 Å². The van der Waals surface area contributed by atoms with E-state index in [0.29, 0.717) is 18.7 Å². The largest absolute Gasteiger partial charge is 0.478 e. The van der Waals surface area contributed by atoms with Gasteiger partial charge in [-0.05, 0) is 44.7 Å². The molecule has 1 N–H and O–H groups in total. The van der Waals surface area contributed by atoms with Crippen LogP contribution in [-0.2, 0) is 12.8 Å². The number of aryl methyl sites for hydroxylation is 2. The van der Waals surface area contributed by atoms with Gasteiger partial charge in [-0.2, -0.15) is 10.2 Å². The van der Waals surface area contributed by atoms with Crippen LogP contribution in [0.5, 0.6) is 0 Å². The van der Waals surface area contributed by atoms with E-state index in [0.717, 1.165) is 28.2 Å². The Kier molecular flexibility index (Phi) is 4.06. The highest BCUT2D eigenvalue weighted by Crippen LogP contribution is 2.23. The molecule has 0 radical (unpaired) electrons. The van der Waals surface area contributed by atoms with Crippen molar-refractivity contribution < 1.29 is 9.90 Å². The minimum atomic E-state index is -0.989. The molecule has 0 atom stereocenters. The normalized spacial score (nSPS) is 10.9. The van der Waals surface area contributed by atoms with E-state index in [1.165, 1.54) is 0 Å². The van der Waals surface area contributed by atoms with Crippen LogP contribution in [0.25, 0.3) is 5.82 Å². The van der Waals surface area contributed by atoms with Gasteiger partial charge >= 0.3 is 5.97 Å². The highest BCUT2D eigenvalue weighted by Gasteiger charge is 2.23. The first kappa shape index (κ1) is 15.2. The van der Waals surface area contributed by atoms with Crippen LogP contribution >= 0.6 is 0 Å². The summed E-state index contributed by atoms with van der Waals surface area (Å²) in [5.41, 5.74) is 4.46. The lowest BCUT2D eigenvalue weighted by Gasteiger charge is -2.13. The van der Waals surface area contributed by atoms with E-state index in [1.807, 2.05) is 34.6 Å². The van der Waals surface area contributed by atoms with E-state index < -0.39 is 5.97 Å². The Morgan fingerprint density at radius 3 is 2.24 bits per heavy atom. The number of rotatable bonds is 4. The van der Waals surface area contributed by atoms with Crippen molar-refractivity contribution >= 4 is 5.97 Å². The zero-order valence-corrected chi connectivity index (χ0v) is 13.1. The number of nitrogens with zero attached hydrogens (tertiary/aromatic N) is 4. The Morgan fingerprint density at radius 1 is 1.14 bits per heavy atom. The maximum absolute atomic E-state index is 11.7. The standard InChI is InChI=1S/C15H20N4O2/c1-6-11-12(7-2)16-17-14(13(11)15(20)21)19-10(5)8(3)9(4)18-19/h6-7H2,1-5H3,(H,20,21). The molecule has 0 aliphatic carbocycles. The molecule has 112 valence electrons. The van der Waals surface area contributed by atoms with Crippen molar-refractivity contribution in [3.8, 4) is 5.82 Å². The molecule has 2 rings (SSSR count). The molecule has 0 unspecified atom stereocenters. The van der Waals surface area contributed by atoms with Crippen LogP contribution in [0.1, 0.15) is 52.4 Å². The zero-order chi connectivity index (χ0) is 15.7. The van der Waals surface area contributed by atoms with Crippen molar-refractivity contribution in [1.82, 2.24) is 20.0 Å². The first-order valence-corrected chi connectivity index (χ1v) is 7.07. The molecule has 0 aliphatic heterocycles. The number of hydrogen-bond acceptors (Lipinski definition) is 4. The molecule has 21 heavy (non-hydrogen) atoms. The summed E-state index contributed by atoms with van der Waals surface area (Å²) in [7, 11) is 0. The molecule has 0 aromatic carbocycles. The molecule has 0 aliphatic rings. The predicted molar refractivity (Wildman–Crippen MR) is 79.1 cm³/mol. The van der Waals surface area contributed by atoms with E-state index >= 15 is 0 Å². The third kappa shape index (κ3) is 2.41. The second kappa shape index (κ2) is 5.63. The first-order chi connectivity index (χ1) is 9.92. The van der Waals surface area contributed by atoms with Crippen molar-refractivity contribution in [2.24, 2.45) is 0 Å². The second-order valence-corrected chi connectivity index (χ2v) is 5.04. The summed E-state index contributed by atoms with van der Waals surface area (Å²) in [5, 5.41) is 22.3. The predicted octanol–water partition coefficient (Wildman–Crippen LogP) is 2.41. The molecule has 2 aromatic rings. The Bertz CT molecular complexity index is 704. The van der Waals surface area contributed by atoms with Gasteiger partial charge in [0.25, 0.3) is 0 Å². The Balaban J connectivity index is 2.80. The van der Waals surface area contributed by atoms with Crippen LogP contribution in [0.3, 0.4) is 0 Å². The Morgan fingerprint density at radius 2 is 1.81 bits per heavy atom. The van der Waals surface area contributed by atoms with Gasteiger partial charge in [-0.1, -0.05) is 13.8 Å². The minimum absolute atomic E-state index is 0.204. The summed E-state index contributed by atoms with van der Waals surface area (Å²) in [6.45, 7) is 9.64. The van der Waals surface area contributed by atoms with Gasteiger partial charge in [0.05, 0.1) is 11.4 Å². The van der Waals surface area contributed by atoms with E-state index in [-0.39, 0.29) is 5.56 Å². The molecular weight excluding hydrogens is 268 g/mol. The monoisotopic (exact) mass is 288 g/mol. The molecule has 6 heteroatoms. The fraction of sp³-hybridized carbons (Fsp3) is 0.467. The van der Waals surface area contributed by atoms with Gasteiger partial charge in [0.1, 0.15) is 5.56 Å². The van der Waals surface area contributed by atoms with Crippen LogP contribution < -0.4 is 0 Å². The van der Waals surface area contributed by atoms with Crippen LogP contribution in [-0.4, -0.2) is 31.1 Å². The van der Waals surface area contributed by atoms with Crippen LogP contribution in [0, 0.1) is 20.8 Å². The lowest BCUT2D eigenvalue weighted by Crippen LogP contribution is -2.17. The number of carboxylic acid groups (broad SMARTS) is 1. The maximum Gasteiger partial charge on any atom is 0.339 e. The highest BCUT2D eigenvalue weighted by atomic mass is 16.4. The van der Waals surface area contributed by atoms with Gasteiger partial charge in [0, 0.05) is 5.69 Å². The third-order valence-corrected chi connectivity index (χ3v) is 3.90. The fourth-order valence-electron chi connectivity index (χ4n) is 2.46. The summed E-state index contributed by atoms with van der Waals surface area (Å²) >= 11 is 0. The van der Waals surface area contributed by atoms with Gasteiger partial charge in [-0.3, -0.25) is 0 Å². The van der Waals surface area contributed by atoms with Gasteiger partial charge in [-0.15, -0.1) is 5.10 Å². The zero-order valence-electron chi connectivity index (χ0n) is 13.1. The van der Waals surface area contributed by atoms with Crippen molar-refractivity contribution in [2.45, 2.75) is 47.5 Å². The number of hydrogen-bond donors (Lipinski definition) is 1. The maximum atomic E-state index is 11.7. The van der Waals surface area contributed by atoms with Crippen LogP contribution in [0.4, 0.5) is 0 Å². The minimum Gasteiger partial charge on any atom is -0.478 e. The molecule has 0 spiro atoms. The number of carbonyl (C=O) groups is 1. The van der Waals surface area contributed by atoms with Crippen molar-refractivity contribution in [1.29, 1.82) is 0 Å². The average Bonchev–Trinajstić information content (AvgIpc) is 2.72. The molecule has 0 saturated heterocycles. The second-order valence-electron chi connectivity index (χ2n) is 5.04. The highest BCUT2D eigenvalue weighted by molar-refractivity contribution is 5.93. The number of carboxylic acids is 1. The van der Waals surface area contributed by atoms with Crippen molar-refractivity contribution in [3.63, 3.8) is 0 Å². The smallest absolute Gasteiger partial charge is 0.339 e. The van der Waals surface area contributed by atoms with E-state index in [1.54, 1.807) is 4.68 Å². The SMILES string of the molecule is CCc1nnc(-n2nc(C)c(C)c2C)c(C(=O)O)c1CC. The summed E-state index contributed by atoms with van der Waals surface area (Å²) < 4.78 is 1.58. The van der Waals surface area contributed by atoms with Crippen LogP contribution in [0.15, 0.2) is 0 Å². The molecule has 0 amide bonds. The topological polar surface area (TPSA) is 80.9 Å². The summed E-state index contributed by atoms with van der Waals surface area (Å²) in [5.74, 6) is -0.693. The molecule has 2 heterocycles. The molecule has 2 aromatic heterocycles. The number of aromatic carboxylic acids is 1. The molecule has 0 bridgehead atoms. The van der Waals surface area contributed by atoms with Gasteiger partial charge < -0.3 is 5.11 Å². The quantitative estimate of drug-likeness (QED) is 0.934. The fourth-order valence-corrected chi connectivity index (χ4v) is 2.46. The van der Waals surface area contributed by atoms with E-state index in [2.05, 4.69) is 15.3 Å².